The quantitative estimate of drug-likeness (QED) is 0.378. The lowest BCUT2D eigenvalue weighted by Gasteiger charge is -2.25. The van der Waals surface area contributed by atoms with Gasteiger partial charge in [-0.1, -0.05) is 5.16 Å². The van der Waals surface area contributed by atoms with Crippen molar-refractivity contribution in [2.24, 2.45) is 0 Å². The summed E-state index contributed by atoms with van der Waals surface area (Å²) in [6, 6.07) is 13.5. The molecule has 1 aliphatic heterocycles. The fourth-order valence-corrected chi connectivity index (χ4v) is 5.13. The third-order valence-electron chi connectivity index (χ3n) is 7.26. The molecule has 1 saturated heterocycles. The molecule has 1 atom stereocenters. The molecule has 200 valence electrons. The van der Waals surface area contributed by atoms with Crippen LogP contribution in [0, 0.1) is 0 Å². The zero-order valence-electron chi connectivity index (χ0n) is 21.7. The van der Waals surface area contributed by atoms with Crippen LogP contribution < -0.4 is 10.2 Å². The second kappa shape index (κ2) is 10.8. The number of benzene rings is 1. The standard InChI is InChI=1S/C29H30N6O4/c1-19(36)34-13-3-14-35(16-15-34)22-8-5-20(6-9-22)27-23-18-21(7-10-25(23)33-39-27)24-11-12-30-29(31-24)32-28(37)26-4-2-17-38-26/h2,4-6,8-9,11-12,17-19,36H,3,7,10,13-16H2,1H3,(H,30,31,32,37). The van der Waals surface area contributed by atoms with Crippen LogP contribution in [0.15, 0.2) is 63.9 Å². The summed E-state index contributed by atoms with van der Waals surface area (Å²) >= 11 is 0. The number of aryl methyl sites for hydroxylation is 1. The highest BCUT2D eigenvalue weighted by Crippen LogP contribution is 2.36. The van der Waals surface area contributed by atoms with Gasteiger partial charge in [0.05, 0.1) is 17.7 Å². The number of nitrogens with one attached hydrogen (secondary N) is 1. The third kappa shape index (κ3) is 5.34. The molecule has 1 aromatic carbocycles. The molecule has 0 bridgehead atoms. The SMILES string of the molecule is CC(O)N1CCCN(c2ccc(-c3onc4c3C=C(c3ccnc(NC(=O)c5ccco5)n3)CC4)cc2)CC1. The van der Waals surface area contributed by atoms with E-state index in [4.69, 9.17) is 8.94 Å². The number of anilines is 2. The fourth-order valence-electron chi connectivity index (χ4n) is 5.13. The van der Waals surface area contributed by atoms with Gasteiger partial charge in [-0.3, -0.25) is 15.0 Å². The smallest absolute Gasteiger partial charge is 0.293 e. The Morgan fingerprint density at radius 3 is 2.74 bits per heavy atom. The van der Waals surface area contributed by atoms with Gasteiger partial charge in [0.2, 0.25) is 5.95 Å². The molecule has 10 nitrogen and oxygen atoms in total. The Kier molecular flexibility index (Phi) is 6.95. The molecule has 0 spiro atoms. The first-order valence-electron chi connectivity index (χ1n) is 13.2. The summed E-state index contributed by atoms with van der Waals surface area (Å²) in [4.78, 5) is 25.6. The van der Waals surface area contributed by atoms with E-state index >= 15 is 0 Å². The molecule has 2 aliphatic rings. The van der Waals surface area contributed by atoms with Crippen LogP contribution in [0.2, 0.25) is 0 Å². The number of allylic oxidation sites excluding steroid dienone is 1. The van der Waals surface area contributed by atoms with Gasteiger partial charge in [0.25, 0.3) is 5.91 Å². The second-order valence-electron chi connectivity index (χ2n) is 9.79. The Morgan fingerprint density at radius 1 is 1.08 bits per heavy atom. The summed E-state index contributed by atoms with van der Waals surface area (Å²) in [5.41, 5.74) is 5.74. The minimum Gasteiger partial charge on any atom is -0.459 e. The first-order chi connectivity index (χ1) is 19.0. The van der Waals surface area contributed by atoms with E-state index < -0.39 is 12.1 Å². The van der Waals surface area contributed by atoms with Gasteiger partial charge in [-0.05, 0) is 80.3 Å². The molecule has 1 unspecified atom stereocenters. The zero-order valence-corrected chi connectivity index (χ0v) is 21.7. The maximum Gasteiger partial charge on any atom is 0.293 e. The van der Waals surface area contributed by atoms with Crippen LogP contribution in [-0.2, 0) is 6.42 Å². The van der Waals surface area contributed by atoms with Gasteiger partial charge < -0.3 is 18.9 Å². The summed E-state index contributed by atoms with van der Waals surface area (Å²) in [5, 5.41) is 17.0. The Morgan fingerprint density at radius 2 is 1.95 bits per heavy atom. The predicted octanol–water partition coefficient (Wildman–Crippen LogP) is 4.31. The molecule has 1 amide bonds. The van der Waals surface area contributed by atoms with Gasteiger partial charge >= 0.3 is 0 Å². The van der Waals surface area contributed by atoms with Crippen molar-refractivity contribution in [1.82, 2.24) is 20.0 Å². The first-order valence-corrected chi connectivity index (χ1v) is 13.2. The number of hydrogen-bond acceptors (Lipinski definition) is 9. The molecule has 1 fully saturated rings. The van der Waals surface area contributed by atoms with Gasteiger partial charge in [-0.25, -0.2) is 9.97 Å². The van der Waals surface area contributed by atoms with E-state index in [-0.39, 0.29) is 11.7 Å². The fraction of sp³-hybridized carbons (Fsp3) is 0.310. The number of rotatable bonds is 6. The highest BCUT2D eigenvalue weighted by molar-refractivity contribution is 6.01. The third-order valence-corrected chi connectivity index (χ3v) is 7.26. The maximum atomic E-state index is 12.3. The summed E-state index contributed by atoms with van der Waals surface area (Å²) in [7, 11) is 0. The Hall–Kier alpha value is -4.28. The largest absolute Gasteiger partial charge is 0.459 e. The van der Waals surface area contributed by atoms with Crippen molar-refractivity contribution < 1.29 is 18.8 Å². The second-order valence-corrected chi connectivity index (χ2v) is 9.79. The number of furan rings is 1. The molecule has 10 heteroatoms. The van der Waals surface area contributed by atoms with Gasteiger partial charge in [0.15, 0.2) is 11.5 Å². The van der Waals surface area contributed by atoms with Crippen LogP contribution >= 0.6 is 0 Å². The molecule has 3 aromatic heterocycles. The van der Waals surface area contributed by atoms with E-state index in [0.717, 1.165) is 85.0 Å². The van der Waals surface area contributed by atoms with Crippen molar-refractivity contribution in [3.05, 3.63) is 77.6 Å². The molecular formula is C29H30N6O4. The van der Waals surface area contributed by atoms with E-state index in [1.165, 1.54) is 6.26 Å². The Bertz CT molecular complexity index is 1480. The van der Waals surface area contributed by atoms with Crippen LogP contribution in [-0.4, -0.2) is 63.4 Å². The molecule has 4 heterocycles. The number of hydrogen-bond donors (Lipinski definition) is 2. The van der Waals surface area contributed by atoms with Crippen molar-refractivity contribution in [3.63, 3.8) is 0 Å². The van der Waals surface area contributed by atoms with Gasteiger partial charge in [0.1, 0.15) is 6.23 Å². The lowest BCUT2D eigenvalue weighted by molar-refractivity contribution is 0.0238. The molecule has 2 N–H and O–H groups in total. The van der Waals surface area contributed by atoms with Crippen LogP contribution in [0.3, 0.4) is 0 Å². The van der Waals surface area contributed by atoms with E-state index in [1.54, 1.807) is 18.3 Å². The summed E-state index contributed by atoms with van der Waals surface area (Å²) in [5.74, 6) is 0.739. The minimum absolute atomic E-state index is 0.197. The summed E-state index contributed by atoms with van der Waals surface area (Å²) < 4.78 is 11.0. The number of carbonyl (C=O) groups is 1. The number of fused-ring (bicyclic) bond motifs is 1. The molecule has 4 aromatic rings. The normalized spacial score (nSPS) is 16.8. The molecular weight excluding hydrogens is 496 g/mol. The molecule has 39 heavy (non-hydrogen) atoms. The van der Waals surface area contributed by atoms with Crippen molar-refractivity contribution in [2.45, 2.75) is 32.4 Å². The molecule has 6 rings (SSSR count). The number of carbonyl (C=O) groups excluding carboxylic acids is 1. The number of nitrogens with zero attached hydrogens (tertiary/aromatic N) is 5. The lowest BCUT2D eigenvalue weighted by Crippen LogP contribution is -2.36. The monoisotopic (exact) mass is 526 g/mol. The van der Waals surface area contributed by atoms with Gasteiger partial charge in [-0.15, -0.1) is 0 Å². The number of aliphatic hydroxyl groups is 1. The highest BCUT2D eigenvalue weighted by atomic mass is 16.5. The first kappa shape index (κ1) is 25.0. The lowest BCUT2D eigenvalue weighted by atomic mass is 9.92. The van der Waals surface area contributed by atoms with Gasteiger partial charge in [-0.2, -0.15) is 0 Å². The van der Waals surface area contributed by atoms with E-state index in [0.29, 0.717) is 0 Å². The maximum absolute atomic E-state index is 12.3. The number of amides is 1. The van der Waals surface area contributed by atoms with Crippen LogP contribution in [0.25, 0.3) is 23.0 Å². The average molecular weight is 527 g/mol. The van der Waals surface area contributed by atoms with Crippen LogP contribution in [0.5, 0.6) is 0 Å². The van der Waals surface area contributed by atoms with Crippen molar-refractivity contribution in [2.75, 3.05) is 36.4 Å². The molecule has 0 radical (unpaired) electrons. The zero-order chi connectivity index (χ0) is 26.8. The Balaban J connectivity index is 1.20. The predicted molar refractivity (Wildman–Crippen MR) is 147 cm³/mol. The molecule has 1 aliphatic carbocycles. The summed E-state index contributed by atoms with van der Waals surface area (Å²) in [6.45, 7) is 5.38. The minimum atomic E-state index is -0.419. The van der Waals surface area contributed by atoms with E-state index in [2.05, 4.69) is 60.6 Å². The van der Waals surface area contributed by atoms with Crippen LogP contribution in [0.1, 0.15) is 47.3 Å². The topological polar surface area (TPSA) is 121 Å². The summed E-state index contributed by atoms with van der Waals surface area (Å²) in [6.07, 6.45) is 7.21. The molecule has 0 saturated carbocycles. The van der Waals surface area contributed by atoms with E-state index in [1.807, 2.05) is 13.0 Å². The van der Waals surface area contributed by atoms with Gasteiger partial charge in [0, 0.05) is 49.2 Å². The van der Waals surface area contributed by atoms with Crippen molar-refractivity contribution in [1.29, 1.82) is 0 Å². The van der Waals surface area contributed by atoms with Crippen molar-refractivity contribution >= 4 is 29.2 Å². The van der Waals surface area contributed by atoms with Crippen LogP contribution in [0.4, 0.5) is 11.6 Å². The highest BCUT2D eigenvalue weighted by Gasteiger charge is 2.23. The Labute approximate surface area is 226 Å². The van der Waals surface area contributed by atoms with E-state index in [9.17, 15) is 9.90 Å². The van der Waals surface area contributed by atoms with Crippen molar-refractivity contribution in [3.8, 4) is 11.3 Å². The number of aliphatic hydroxyl groups excluding tert-OH is 1. The number of aromatic nitrogens is 3. The average Bonchev–Trinajstić information content (AvgIpc) is 3.58.